The van der Waals surface area contributed by atoms with Crippen molar-refractivity contribution in [3.05, 3.63) is 35.9 Å². The zero-order valence-corrected chi connectivity index (χ0v) is 14.4. The topological polar surface area (TPSA) is 105 Å². The van der Waals surface area contributed by atoms with Gasteiger partial charge in [0.1, 0.15) is 0 Å². The Balaban J connectivity index is 2.27. The lowest BCUT2D eigenvalue weighted by molar-refractivity contribution is -0.238. The molecular formula is C14H19N2O7P. The minimum absolute atomic E-state index is 0.0347. The number of hydrogen-bond donors (Lipinski definition) is 1. The molecule has 0 fully saturated rings. The molecule has 0 bridgehead atoms. The summed E-state index contributed by atoms with van der Waals surface area (Å²) < 4.78 is 26.9. The molecule has 9 nitrogen and oxygen atoms in total. The van der Waals surface area contributed by atoms with Crippen LogP contribution < -0.4 is 5.43 Å². The molecule has 1 atom stereocenters. The number of hydrogen-bond acceptors (Lipinski definition) is 9. The summed E-state index contributed by atoms with van der Waals surface area (Å²) in [6.07, 6.45) is 0.214. The third-order valence-electron chi connectivity index (χ3n) is 3.45. The highest BCUT2D eigenvalue weighted by Gasteiger charge is 2.51. The van der Waals surface area contributed by atoms with Crippen molar-refractivity contribution in [1.29, 1.82) is 0 Å². The number of carbonyl (C=O) groups excluding carboxylic acids is 1. The second-order valence-corrected chi connectivity index (χ2v) is 6.84. The maximum atomic E-state index is 12.6. The minimum Gasteiger partial charge on any atom is -0.467 e. The van der Waals surface area contributed by atoms with E-state index >= 15 is 0 Å². The van der Waals surface area contributed by atoms with Gasteiger partial charge in [-0.05, 0) is 5.56 Å². The SMILES string of the molecule is COOP(=O)(OOC)C1=NNC(Cc2ccccc2)(C(=O)OC)C1. The Morgan fingerprint density at radius 3 is 2.38 bits per heavy atom. The number of rotatable bonds is 8. The van der Waals surface area contributed by atoms with Crippen LogP contribution in [0.4, 0.5) is 0 Å². The van der Waals surface area contributed by atoms with Gasteiger partial charge in [-0.3, -0.25) is 5.43 Å². The van der Waals surface area contributed by atoms with Crippen molar-refractivity contribution in [2.75, 3.05) is 21.3 Å². The predicted molar refractivity (Wildman–Crippen MR) is 83.9 cm³/mol. The molecule has 1 aromatic rings. The standard InChI is InChI=1S/C14H19N2O7P/c1-19-13(17)14(9-11-7-5-4-6-8-11)10-12(15-16-14)24(18,22-20-2)23-21-3/h4-8,16H,9-10H2,1-3H3. The van der Waals surface area contributed by atoms with Crippen molar-refractivity contribution >= 4 is 19.0 Å². The first-order valence-corrected chi connectivity index (χ1v) is 8.55. The van der Waals surface area contributed by atoms with Gasteiger partial charge in [-0.1, -0.05) is 30.3 Å². The maximum Gasteiger partial charge on any atom is 0.430 e. The van der Waals surface area contributed by atoms with Crippen LogP contribution in [0.25, 0.3) is 0 Å². The quantitative estimate of drug-likeness (QED) is 0.325. The summed E-state index contributed by atoms with van der Waals surface area (Å²) in [6, 6.07) is 9.29. The van der Waals surface area contributed by atoms with E-state index in [1.54, 1.807) is 0 Å². The molecule has 1 N–H and O–H groups in total. The molecular weight excluding hydrogens is 339 g/mol. The zero-order chi connectivity index (χ0) is 17.6. The molecule has 2 rings (SSSR count). The highest BCUT2D eigenvalue weighted by atomic mass is 31.2. The van der Waals surface area contributed by atoms with E-state index in [0.717, 1.165) is 5.56 Å². The molecule has 0 aliphatic carbocycles. The Kier molecular flexibility index (Phi) is 6.09. The van der Waals surface area contributed by atoms with E-state index in [9.17, 15) is 9.36 Å². The van der Waals surface area contributed by atoms with Crippen LogP contribution in [-0.4, -0.2) is 38.3 Å². The van der Waals surface area contributed by atoms with Crippen molar-refractivity contribution in [2.24, 2.45) is 5.10 Å². The van der Waals surface area contributed by atoms with Crippen LogP contribution in [0.2, 0.25) is 0 Å². The number of nitrogens with one attached hydrogen (secondary N) is 1. The van der Waals surface area contributed by atoms with Crippen LogP contribution in [0.15, 0.2) is 35.4 Å². The summed E-state index contributed by atoms with van der Waals surface area (Å²) in [7, 11) is -0.352. The highest BCUT2D eigenvalue weighted by molar-refractivity contribution is 7.72. The van der Waals surface area contributed by atoms with Crippen molar-refractivity contribution < 1.29 is 33.2 Å². The predicted octanol–water partition coefficient (Wildman–Crippen LogP) is 1.80. The van der Waals surface area contributed by atoms with E-state index in [1.165, 1.54) is 21.3 Å². The molecule has 1 unspecified atom stereocenters. The Labute approximate surface area is 139 Å². The average molecular weight is 358 g/mol. The Bertz CT molecular complexity index is 642. The number of esters is 1. The van der Waals surface area contributed by atoms with Crippen LogP contribution in [-0.2, 0) is 39.6 Å². The second kappa shape index (κ2) is 7.87. The molecule has 24 heavy (non-hydrogen) atoms. The molecule has 1 aliphatic heterocycles. The molecule has 10 heteroatoms. The van der Waals surface area contributed by atoms with E-state index in [0.29, 0.717) is 0 Å². The second-order valence-electron chi connectivity index (χ2n) is 5.03. The van der Waals surface area contributed by atoms with Crippen LogP contribution in [0.1, 0.15) is 12.0 Å². The van der Waals surface area contributed by atoms with Gasteiger partial charge in [0.15, 0.2) is 11.0 Å². The third kappa shape index (κ3) is 3.82. The van der Waals surface area contributed by atoms with Gasteiger partial charge in [0.25, 0.3) is 0 Å². The fraction of sp³-hybridized carbons (Fsp3) is 0.429. The summed E-state index contributed by atoms with van der Waals surface area (Å²) in [5, 5.41) is 3.96. The van der Waals surface area contributed by atoms with Gasteiger partial charge in [0.2, 0.25) is 0 Å². The summed E-state index contributed by atoms with van der Waals surface area (Å²) in [4.78, 5) is 21.2. The van der Waals surface area contributed by atoms with Crippen molar-refractivity contribution in [3.63, 3.8) is 0 Å². The highest BCUT2D eigenvalue weighted by Crippen LogP contribution is 2.53. The van der Waals surface area contributed by atoms with E-state index < -0.39 is 19.1 Å². The lowest BCUT2D eigenvalue weighted by Gasteiger charge is -2.26. The Hall–Kier alpha value is -1.77. The molecule has 0 aromatic heterocycles. The third-order valence-corrected chi connectivity index (χ3v) is 5.03. The fourth-order valence-corrected chi connectivity index (χ4v) is 3.63. The van der Waals surface area contributed by atoms with Gasteiger partial charge in [-0.25, -0.2) is 19.1 Å². The molecule has 1 aliphatic rings. The molecule has 0 saturated carbocycles. The van der Waals surface area contributed by atoms with E-state index in [2.05, 4.69) is 20.3 Å². The number of methoxy groups -OCH3 is 1. The van der Waals surface area contributed by atoms with Gasteiger partial charge in [0, 0.05) is 12.8 Å². The Morgan fingerprint density at radius 1 is 1.21 bits per heavy atom. The first kappa shape index (κ1) is 18.6. The lowest BCUT2D eigenvalue weighted by Crippen LogP contribution is -2.50. The summed E-state index contributed by atoms with van der Waals surface area (Å²) in [5.74, 6) is -0.550. The van der Waals surface area contributed by atoms with Crippen LogP contribution in [0, 0.1) is 0 Å². The van der Waals surface area contributed by atoms with Gasteiger partial charge < -0.3 is 4.74 Å². The normalized spacial score (nSPS) is 20.4. The molecule has 1 aromatic carbocycles. The maximum absolute atomic E-state index is 12.6. The van der Waals surface area contributed by atoms with E-state index in [4.69, 9.17) is 14.1 Å². The number of ether oxygens (including phenoxy) is 1. The largest absolute Gasteiger partial charge is 0.467 e. The first-order valence-electron chi connectivity index (χ1n) is 7.01. The van der Waals surface area contributed by atoms with Crippen LogP contribution >= 0.6 is 7.60 Å². The molecule has 0 saturated heterocycles. The van der Waals surface area contributed by atoms with E-state index in [1.807, 2.05) is 30.3 Å². The van der Waals surface area contributed by atoms with Crippen LogP contribution in [0.3, 0.4) is 0 Å². The fourth-order valence-electron chi connectivity index (χ4n) is 2.40. The number of carbonyl (C=O) groups is 1. The summed E-state index contributed by atoms with van der Waals surface area (Å²) in [5.41, 5.74) is 2.33. The first-order chi connectivity index (χ1) is 11.5. The minimum atomic E-state index is -3.97. The number of hydrazone groups is 1. The van der Waals surface area contributed by atoms with Gasteiger partial charge >= 0.3 is 13.6 Å². The summed E-state index contributed by atoms with van der Waals surface area (Å²) >= 11 is 0. The Morgan fingerprint density at radius 2 is 1.83 bits per heavy atom. The van der Waals surface area contributed by atoms with Gasteiger partial charge in [0.05, 0.1) is 21.3 Å². The monoisotopic (exact) mass is 358 g/mol. The van der Waals surface area contributed by atoms with Crippen molar-refractivity contribution in [2.45, 2.75) is 18.4 Å². The summed E-state index contributed by atoms with van der Waals surface area (Å²) in [6.45, 7) is 0. The van der Waals surface area contributed by atoms with Crippen LogP contribution in [0.5, 0.6) is 0 Å². The number of nitrogens with zero attached hydrogens (tertiary/aromatic N) is 1. The van der Waals surface area contributed by atoms with E-state index in [-0.39, 0.29) is 18.3 Å². The van der Waals surface area contributed by atoms with Gasteiger partial charge in [-0.2, -0.15) is 5.10 Å². The molecule has 132 valence electrons. The smallest absolute Gasteiger partial charge is 0.430 e. The molecule has 1 heterocycles. The average Bonchev–Trinajstić information content (AvgIpc) is 3.01. The number of benzene rings is 1. The van der Waals surface area contributed by atoms with Gasteiger partial charge in [-0.15, -0.1) is 9.35 Å². The van der Waals surface area contributed by atoms with Crippen molar-refractivity contribution in [3.8, 4) is 0 Å². The molecule has 0 spiro atoms. The molecule has 0 amide bonds. The molecule has 0 radical (unpaired) electrons. The van der Waals surface area contributed by atoms with Crippen molar-refractivity contribution in [1.82, 2.24) is 5.43 Å². The lowest BCUT2D eigenvalue weighted by atomic mass is 9.89. The zero-order valence-electron chi connectivity index (χ0n) is 13.6.